The van der Waals surface area contributed by atoms with Gasteiger partial charge in [-0.1, -0.05) is 6.07 Å². The number of phenolic OH excluding ortho intramolecular Hbond substituents is 1. The van der Waals surface area contributed by atoms with Gasteiger partial charge in [0.25, 0.3) is 0 Å². The first-order chi connectivity index (χ1) is 18.4. The van der Waals surface area contributed by atoms with Crippen molar-refractivity contribution in [1.29, 1.82) is 0 Å². The molecule has 4 unspecified atom stereocenters. The molecule has 0 radical (unpaired) electrons. The van der Waals surface area contributed by atoms with Gasteiger partial charge >= 0.3 is 11.9 Å². The third-order valence-corrected chi connectivity index (χ3v) is 9.39. The fourth-order valence-corrected chi connectivity index (χ4v) is 7.87. The summed E-state index contributed by atoms with van der Waals surface area (Å²) in [5.74, 6) is 0.495. The van der Waals surface area contributed by atoms with Crippen LogP contribution in [0.5, 0.6) is 17.2 Å². The standard InChI is InChI=1S/C29H30N2O7/c1-16(38-25(33)17-4-7-22-23(12-17)37-15-36-22)28-8-3-10-31-11-9-29(27(28)31)20-6-5-18(32)13-21(20)30-24(29)19(14-28)26(34)35-2/h4-7,12-13,16,27,30,32H,3,8-11,14-15H2,1-2H3. The minimum Gasteiger partial charge on any atom is -0.508 e. The van der Waals surface area contributed by atoms with Crippen LogP contribution in [0.3, 0.4) is 0 Å². The molecule has 7 rings (SSSR count). The van der Waals surface area contributed by atoms with E-state index in [4.69, 9.17) is 18.9 Å². The lowest BCUT2D eigenvalue weighted by molar-refractivity contribution is -0.138. The monoisotopic (exact) mass is 518 g/mol. The highest BCUT2D eigenvalue weighted by Crippen LogP contribution is 2.65. The molecule has 2 fully saturated rings. The first-order valence-electron chi connectivity index (χ1n) is 13.1. The Balaban J connectivity index is 1.33. The molecule has 1 spiro atoms. The van der Waals surface area contributed by atoms with Crippen LogP contribution in [0.2, 0.25) is 0 Å². The summed E-state index contributed by atoms with van der Waals surface area (Å²) in [6.45, 7) is 3.91. The molecule has 9 nitrogen and oxygen atoms in total. The number of nitrogens with one attached hydrogen (secondary N) is 1. The summed E-state index contributed by atoms with van der Waals surface area (Å²) < 4.78 is 22.4. The number of esters is 2. The van der Waals surface area contributed by atoms with Crippen molar-refractivity contribution in [2.75, 3.05) is 32.3 Å². The Morgan fingerprint density at radius 2 is 1.95 bits per heavy atom. The van der Waals surface area contributed by atoms with Crippen LogP contribution in [-0.4, -0.2) is 61.1 Å². The molecule has 4 atom stereocenters. The fourth-order valence-electron chi connectivity index (χ4n) is 7.87. The number of anilines is 1. The number of hydrogen-bond donors (Lipinski definition) is 2. The first-order valence-corrected chi connectivity index (χ1v) is 13.1. The third kappa shape index (κ3) is 3.02. The predicted molar refractivity (Wildman–Crippen MR) is 136 cm³/mol. The maximum atomic E-state index is 13.4. The van der Waals surface area contributed by atoms with Crippen LogP contribution in [0.15, 0.2) is 47.7 Å². The van der Waals surface area contributed by atoms with Crippen molar-refractivity contribution >= 4 is 17.6 Å². The van der Waals surface area contributed by atoms with Crippen LogP contribution in [0, 0.1) is 5.41 Å². The molecule has 0 saturated carbocycles. The Kier molecular flexibility index (Phi) is 5.01. The zero-order chi connectivity index (χ0) is 26.2. The van der Waals surface area contributed by atoms with Gasteiger partial charge in [0.05, 0.1) is 23.7 Å². The molecule has 198 valence electrons. The summed E-state index contributed by atoms with van der Waals surface area (Å²) in [5, 5.41) is 13.7. The molecule has 2 aromatic rings. The number of carbonyl (C=O) groups excluding carboxylic acids is 2. The summed E-state index contributed by atoms with van der Waals surface area (Å²) in [5.41, 5.74) is 2.75. The van der Waals surface area contributed by atoms with Gasteiger partial charge in [-0.15, -0.1) is 0 Å². The summed E-state index contributed by atoms with van der Waals surface area (Å²) in [6, 6.07) is 10.5. The van der Waals surface area contributed by atoms with E-state index < -0.39 is 22.9 Å². The second kappa shape index (κ2) is 8.14. The Bertz CT molecular complexity index is 1400. The quantitative estimate of drug-likeness (QED) is 0.586. The lowest BCUT2D eigenvalue weighted by atomic mass is 9.53. The van der Waals surface area contributed by atoms with Gasteiger partial charge in [-0.3, -0.25) is 4.90 Å². The zero-order valence-electron chi connectivity index (χ0n) is 21.4. The second-order valence-corrected chi connectivity index (χ2v) is 11.0. The number of nitrogens with zero attached hydrogens (tertiary/aromatic N) is 1. The van der Waals surface area contributed by atoms with Crippen LogP contribution in [-0.2, 0) is 19.7 Å². The van der Waals surface area contributed by atoms with Crippen molar-refractivity contribution in [3.8, 4) is 17.2 Å². The average molecular weight is 519 g/mol. The largest absolute Gasteiger partial charge is 0.508 e. The topological polar surface area (TPSA) is 107 Å². The molecule has 0 bridgehead atoms. The number of rotatable bonds is 4. The number of fused-ring (bicyclic) bond motifs is 2. The van der Waals surface area contributed by atoms with Crippen LogP contribution in [0.1, 0.15) is 48.5 Å². The number of hydrogen-bond acceptors (Lipinski definition) is 9. The molecule has 0 aromatic heterocycles. The van der Waals surface area contributed by atoms with Gasteiger partial charge in [-0.2, -0.15) is 0 Å². The van der Waals surface area contributed by atoms with Gasteiger partial charge in [0.15, 0.2) is 11.5 Å². The molecular weight excluding hydrogens is 488 g/mol. The molecule has 2 saturated heterocycles. The number of ether oxygens (including phenoxy) is 4. The Labute approximate surface area is 220 Å². The minimum atomic E-state index is -0.505. The van der Waals surface area contributed by atoms with Gasteiger partial charge in [0.1, 0.15) is 11.9 Å². The zero-order valence-corrected chi connectivity index (χ0v) is 21.4. The Morgan fingerprint density at radius 3 is 2.79 bits per heavy atom. The molecule has 4 heterocycles. The normalized spacial score (nSPS) is 29.2. The van der Waals surface area contributed by atoms with E-state index in [2.05, 4.69) is 10.2 Å². The van der Waals surface area contributed by atoms with E-state index in [0.717, 1.165) is 49.3 Å². The number of piperidine rings is 1. The van der Waals surface area contributed by atoms with E-state index in [0.29, 0.717) is 29.1 Å². The van der Waals surface area contributed by atoms with E-state index in [1.807, 2.05) is 13.0 Å². The Hall–Kier alpha value is -3.72. The summed E-state index contributed by atoms with van der Waals surface area (Å²) in [7, 11) is 1.40. The molecule has 9 heteroatoms. The minimum absolute atomic E-state index is 0.0185. The maximum Gasteiger partial charge on any atom is 0.338 e. The van der Waals surface area contributed by atoms with Crippen molar-refractivity contribution in [1.82, 2.24) is 4.90 Å². The smallest absolute Gasteiger partial charge is 0.338 e. The summed E-state index contributed by atoms with van der Waals surface area (Å²) in [4.78, 5) is 29.2. The molecule has 0 amide bonds. The van der Waals surface area contributed by atoms with E-state index in [1.54, 1.807) is 30.3 Å². The fraction of sp³-hybridized carbons (Fsp3) is 0.448. The van der Waals surface area contributed by atoms with Crippen molar-refractivity contribution < 1.29 is 33.6 Å². The Morgan fingerprint density at radius 1 is 1.11 bits per heavy atom. The molecular formula is C29H30N2O7. The highest BCUT2D eigenvalue weighted by molar-refractivity contribution is 5.93. The predicted octanol–water partition coefficient (Wildman–Crippen LogP) is 3.72. The molecule has 5 aliphatic rings. The van der Waals surface area contributed by atoms with Crippen LogP contribution in [0.4, 0.5) is 5.69 Å². The van der Waals surface area contributed by atoms with Crippen LogP contribution in [0.25, 0.3) is 0 Å². The van der Waals surface area contributed by atoms with Gasteiger partial charge < -0.3 is 29.4 Å². The summed E-state index contributed by atoms with van der Waals surface area (Å²) >= 11 is 0. The molecule has 2 N–H and O–H groups in total. The van der Waals surface area contributed by atoms with E-state index >= 15 is 0 Å². The van der Waals surface area contributed by atoms with Crippen molar-refractivity contribution in [2.45, 2.75) is 50.2 Å². The molecule has 38 heavy (non-hydrogen) atoms. The van der Waals surface area contributed by atoms with E-state index in [1.165, 1.54) is 7.11 Å². The van der Waals surface area contributed by atoms with Gasteiger partial charge in [0, 0.05) is 28.9 Å². The van der Waals surface area contributed by atoms with Crippen molar-refractivity contribution in [3.05, 3.63) is 58.8 Å². The lowest BCUT2D eigenvalue weighted by Crippen LogP contribution is -2.64. The van der Waals surface area contributed by atoms with Gasteiger partial charge in [-0.25, -0.2) is 9.59 Å². The summed E-state index contributed by atoms with van der Waals surface area (Å²) in [6.07, 6.45) is 2.53. The second-order valence-electron chi connectivity index (χ2n) is 11.0. The average Bonchev–Trinajstić information content (AvgIpc) is 3.63. The highest BCUT2D eigenvalue weighted by Gasteiger charge is 2.68. The number of carbonyl (C=O) groups is 2. The van der Waals surface area contributed by atoms with E-state index in [9.17, 15) is 14.7 Å². The molecule has 1 aliphatic carbocycles. The third-order valence-electron chi connectivity index (χ3n) is 9.39. The molecule has 4 aliphatic heterocycles. The number of methoxy groups -OCH3 is 1. The molecule has 2 aromatic carbocycles. The maximum absolute atomic E-state index is 13.4. The van der Waals surface area contributed by atoms with E-state index in [-0.39, 0.29) is 24.6 Å². The van der Waals surface area contributed by atoms with Crippen molar-refractivity contribution in [2.24, 2.45) is 5.41 Å². The lowest BCUT2D eigenvalue weighted by Gasteiger charge is -2.57. The van der Waals surface area contributed by atoms with Crippen LogP contribution < -0.4 is 14.8 Å². The number of phenols is 1. The van der Waals surface area contributed by atoms with Gasteiger partial charge in [-0.05, 0) is 75.5 Å². The van der Waals surface area contributed by atoms with Crippen molar-refractivity contribution in [3.63, 3.8) is 0 Å². The van der Waals surface area contributed by atoms with Crippen LogP contribution >= 0.6 is 0 Å². The van der Waals surface area contributed by atoms with Gasteiger partial charge in [0.2, 0.25) is 6.79 Å². The SMILES string of the molecule is COC(=O)C1=C2Nc3cc(O)ccc3C23CCN2CCCC(C(C)OC(=O)c4ccc5c(c4)OCO5)(C1)C23. The number of aromatic hydroxyl groups is 1. The first kappa shape index (κ1) is 23.4. The highest BCUT2D eigenvalue weighted by atomic mass is 16.7. The number of benzene rings is 2.